The Morgan fingerprint density at radius 1 is 1.50 bits per heavy atom. The predicted molar refractivity (Wildman–Crippen MR) is 85.8 cm³/mol. The van der Waals surface area contributed by atoms with Gasteiger partial charge in [-0.15, -0.1) is 11.3 Å². The molecule has 0 spiro atoms. The first-order valence-electron chi connectivity index (χ1n) is 7.37. The molecule has 7 heteroatoms. The second-order valence-electron chi connectivity index (χ2n) is 5.46. The zero-order chi connectivity index (χ0) is 16.1. The van der Waals surface area contributed by atoms with Crippen LogP contribution in [0.25, 0.3) is 0 Å². The van der Waals surface area contributed by atoms with Gasteiger partial charge in [0.05, 0.1) is 18.8 Å². The number of carbonyl (C=O) groups excluding carboxylic acids is 1. The van der Waals surface area contributed by atoms with Crippen LogP contribution in [0.3, 0.4) is 0 Å². The normalized spacial score (nSPS) is 11.0. The Morgan fingerprint density at radius 3 is 2.86 bits per heavy atom. The van der Waals surface area contributed by atoms with Crippen molar-refractivity contribution in [1.82, 2.24) is 20.4 Å². The molecule has 0 aliphatic heterocycles. The largest absolute Gasteiger partial charge is 0.359 e. The van der Waals surface area contributed by atoms with Gasteiger partial charge in [-0.3, -0.25) is 0 Å². The van der Waals surface area contributed by atoms with Gasteiger partial charge in [-0.25, -0.2) is 9.78 Å². The van der Waals surface area contributed by atoms with Crippen molar-refractivity contribution < 1.29 is 9.32 Å². The summed E-state index contributed by atoms with van der Waals surface area (Å²) in [4.78, 5) is 19.2. The Morgan fingerprint density at radius 2 is 2.27 bits per heavy atom. The summed E-state index contributed by atoms with van der Waals surface area (Å²) in [5.41, 5.74) is 0.896. The number of rotatable bonds is 6. The number of aromatic nitrogens is 2. The highest BCUT2D eigenvalue weighted by atomic mass is 32.1. The quantitative estimate of drug-likeness (QED) is 0.887. The summed E-state index contributed by atoms with van der Waals surface area (Å²) < 4.78 is 5.20. The van der Waals surface area contributed by atoms with E-state index in [2.05, 4.69) is 22.4 Å². The van der Waals surface area contributed by atoms with Crippen LogP contribution in [0.15, 0.2) is 16.8 Å². The predicted octanol–water partition coefficient (Wildman–Crippen LogP) is 3.16. The molecular formula is C15H22N4O2S. The minimum atomic E-state index is -0.157. The molecule has 0 aliphatic rings. The number of hydrogen-bond acceptors (Lipinski definition) is 5. The van der Waals surface area contributed by atoms with Gasteiger partial charge >= 0.3 is 6.03 Å². The number of aryl methyl sites for hydroxylation is 1. The molecule has 120 valence electrons. The first kappa shape index (κ1) is 16.5. The van der Waals surface area contributed by atoms with Gasteiger partial charge in [0.1, 0.15) is 5.01 Å². The molecule has 2 aromatic rings. The lowest BCUT2D eigenvalue weighted by Crippen LogP contribution is -2.36. The van der Waals surface area contributed by atoms with Gasteiger partial charge in [0.15, 0.2) is 5.76 Å². The third kappa shape index (κ3) is 4.30. The van der Waals surface area contributed by atoms with Gasteiger partial charge in [0.25, 0.3) is 0 Å². The van der Waals surface area contributed by atoms with Crippen LogP contribution in [0.5, 0.6) is 0 Å². The third-order valence-corrected chi connectivity index (χ3v) is 4.38. The minimum Gasteiger partial charge on any atom is -0.359 e. The van der Waals surface area contributed by atoms with Crippen molar-refractivity contribution in [3.8, 4) is 0 Å². The second-order valence-corrected chi connectivity index (χ2v) is 6.66. The van der Waals surface area contributed by atoms with Crippen molar-refractivity contribution in [1.29, 1.82) is 0 Å². The lowest BCUT2D eigenvalue weighted by atomic mass is 10.1. The highest BCUT2D eigenvalue weighted by Crippen LogP contribution is 2.15. The smallest absolute Gasteiger partial charge is 0.317 e. The van der Waals surface area contributed by atoms with Crippen molar-refractivity contribution in [2.75, 3.05) is 7.05 Å². The Kier molecular flexibility index (Phi) is 5.54. The van der Waals surface area contributed by atoms with Crippen molar-refractivity contribution in [2.45, 2.75) is 46.2 Å². The molecular weight excluding hydrogens is 300 g/mol. The Labute approximate surface area is 134 Å². The summed E-state index contributed by atoms with van der Waals surface area (Å²) in [5, 5.41) is 7.73. The number of carbonyl (C=O) groups is 1. The van der Waals surface area contributed by atoms with Gasteiger partial charge < -0.3 is 14.7 Å². The van der Waals surface area contributed by atoms with Gasteiger partial charge in [-0.2, -0.15) is 0 Å². The van der Waals surface area contributed by atoms with E-state index in [0.717, 1.165) is 17.1 Å². The topological polar surface area (TPSA) is 71.3 Å². The highest BCUT2D eigenvalue weighted by Gasteiger charge is 2.13. The maximum absolute atomic E-state index is 12.1. The SMILES string of the molecule is CCc1cnc(CN(C)C(=O)NCc2cc(C(C)C)no2)s1. The zero-order valence-electron chi connectivity index (χ0n) is 13.4. The van der Waals surface area contributed by atoms with Crippen LogP contribution in [-0.2, 0) is 19.5 Å². The van der Waals surface area contributed by atoms with Crippen molar-refractivity contribution in [3.63, 3.8) is 0 Å². The number of hydrogen-bond donors (Lipinski definition) is 1. The third-order valence-electron chi connectivity index (χ3n) is 3.25. The molecule has 2 heterocycles. The van der Waals surface area contributed by atoms with Crippen molar-refractivity contribution in [2.24, 2.45) is 0 Å². The zero-order valence-corrected chi connectivity index (χ0v) is 14.2. The average molecular weight is 322 g/mol. The first-order chi connectivity index (χ1) is 10.5. The summed E-state index contributed by atoms with van der Waals surface area (Å²) in [7, 11) is 1.75. The maximum atomic E-state index is 12.1. The number of urea groups is 1. The maximum Gasteiger partial charge on any atom is 0.317 e. The fraction of sp³-hybridized carbons (Fsp3) is 0.533. The van der Waals surface area contributed by atoms with Crippen LogP contribution >= 0.6 is 11.3 Å². The molecule has 2 rings (SSSR count). The molecule has 0 aliphatic carbocycles. The fourth-order valence-electron chi connectivity index (χ4n) is 1.84. The van der Waals surface area contributed by atoms with E-state index < -0.39 is 0 Å². The van der Waals surface area contributed by atoms with Crippen LogP contribution in [0.1, 0.15) is 48.0 Å². The van der Waals surface area contributed by atoms with Crippen molar-refractivity contribution in [3.05, 3.63) is 33.6 Å². The molecule has 0 saturated heterocycles. The van der Waals surface area contributed by atoms with E-state index in [9.17, 15) is 4.79 Å². The summed E-state index contributed by atoms with van der Waals surface area (Å²) in [6.45, 7) is 7.03. The van der Waals surface area contributed by atoms with E-state index in [1.165, 1.54) is 4.88 Å². The molecule has 22 heavy (non-hydrogen) atoms. The molecule has 0 bridgehead atoms. The van der Waals surface area contributed by atoms with Crippen molar-refractivity contribution >= 4 is 17.4 Å². The minimum absolute atomic E-state index is 0.157. The van der Waals surface area contributed by atoms with E-state index in [1.807, 2.05) is 26.1 Å². The monoisotopic (exact) mass is 322 g/mol. The summed E-state index contributed by atoms with van der Waals surface area (Å²) in [5.74, 6) is 0.974. The van der Waals surface area contributed by atoms with Crippen LogP contribution in [0.4, 0.5) is 4.79 Å². The molecule has 0 aromatic carbocycles. The lowest BCUT2D eigenvalue weighted by molar-refractivity contribution is 0.205. The number of amides is 2. The number of nitrogens with one attached hydrogen (secondary N) is 1. The molecule has 0 fully saturated rings. The number of thiazole rings is 1. The molecule has 0 unspecified atom stereocenters. The molecule has 6 nitrogen and oxygen atoms in total. The van der Waals surface area contributed by atoms with Gasteiger partial charge in [0, 0.05) is 24.2 Å². The molecule has 0 saturated carbocycles. The van der Waals surface area contributed by atoms with E-state index in [-0.39, 0.29) is 6.03 Å². The Balaban J connectivity index is 1.82. The Hall–Kier alpha value is -1.89. The Bertz CT molecular complexity index is 621. The van der Waals surface area contributed by atoms with Gasteiger partial charge in [0.2, 0.25) is 0 Å². The molecule has 1 N–H and O–H groups in total. The first-order valence-corrected chi connectivity index (χ1v) is 8.19. The van der Waals surface area contributed by atoms with E-state index in [0.29, 0.717) is 24.8 Å². The molecule has 0 atom stereocenters. The summed E-state index contributed by atoms with van der Waals surface area (Å²) in [6.07, 6.45) is 2.84. The summed E-state index contributed by atoms with van der Waals surface area (Å²) >= 11 is 1.64. The van der Waals surface area contributed by atoms with Crippen LogP contribution in [0.2, 0.25) is 0 Å². The van der Waals surface area contributed by atoms with E-state index in [4.69, 9.17) is 4.52 Å². The second kappa shape index (κ2) is 7.40. The van der Waals surface area contributed by atoms with Gasteiger partial charge in [-0.05, 0) is 12.3 Å². The van der Waals surface area contributed by atoms with Crippen LogP contribution in [0, 0.1) is 0 Å². The number of nitrogens with zero attached hydrogens (tertiary/aromatic N) is 3. The van der Waals surface area contributed by atoms with E-state index in [1.54, 1.807) is 23.3 Å². The average Bonchev–Trinajstić information content (AvgIpc) is 3.13. The van der Waals surface area contributed by atoms with E-state index >= 15 is 0 Å². The summed E-state index contributed by atoms with van der Waals surface area (Å²) in [6, 6.07) is 1.72. The standard InChI is InChI=1S/C15H22N4O2S/c1-5-12-8-16-14(22-12)9-19(4)15(20)17-7-11-6-13(10(2)3)18-21-11/h6,8,10H,5,7,9H2,1-4H3,(H,17,20). The molecule has 0 radical (unpaired) electrons. The van der Waals surface area contributed by atoms with Crippen LogP contribution < -0.4 is 5.32 Å². The molecule has 2 aromatic heterocycles. The van der Waals surface area contributed by atoms with Gasteiger partial charge in [-0.1, -0.05) is 25.9 Å². The highest BCUT2D eigenvalue weighted by molar-refractivity contribution is 7.11. The molecule has 2 amide bonds. The fourth-order valence-corrected chi connectivity index (χ4v) is 2.76. The lowest BCUT2D eigenvalue weighted by Gasteiger charge is -2.15. The van der Waals surface area contributed by atoms with Crippen LogP contribution in [-0.4, -0.2) is 28.1 Å².